The standard InChI is InChI=1S/C46H34N8O6S2/c55-41(51-45-47-33-11-1-3-13-35(33)61-45)29-9-5-7-25-19-21-53(23-31(25)29)37-17-15-27(39(49-37)43(57)58)28-16-18-38(50-40(28)44(59)60)54-22-20-26-8-6-10-30(32(26)24-54)42(56)52-46-48-34-12-2-4-14-36(34)62-46/h1-18H,19-24H2,(H,57,58)(H,59,60)(H,47,51,55)(H,48,52,56). The number of carboxylic acids is 2. The van der Waals surface area contributed by atoms with E-state index in [2.05, 4.69) is 30.6 Å². The summed E-state index contributed by atoms with van der Waals surface area (Å²) in [7, 11) is 0. The minimum atomic E-state index is -1.33. The van der Waals surface area contributed by atoms with Crippen LogP contribution in [0.3, 0.4) is 0 Å². The molecule has 2 amide bonds. The largest absolute Gasteiger partial charge is 0.476 e. The topological polar surface area (TPSA) is 191 Å². The van der Waals surface area contributed by atoms with Crippen LogP contribution in [0.15, 0.2) is 109 Å². The summed E-state index contributed by atoms with van der Waals surface area (Å²) in [5.41, 5.74) is 5.72. The molecule has 0 unspecified atom stereocenters. The highest BCUT2D eigenvalue weighted by atomic mass is 32.1. The maximum absolute atomic E-state index is 13.6. The van der Waals surface area contributed by atoms with Gasteiger partial charge in [-0.3, -0.25) is 20.2 Å². The van der Waals surface area contributed by atoms with Crippen LogP contribution in [0.1, 0.15) is 63.9 Å². The van der Waals surface area contributed by atoms with E-state index in [1.54, 1.807) is 36.4 Å². The van der Waals surface area contributed by atoms with Gasteiger partial charge in [-0.1, -0.05) is 71.2 Å². The van der Waals surface area contributed by atoms with Gasteiger partial charge in [0.15, 0.2) is 21.7 Å². The summed E-state index contributed by atoms with van der Waals surface area (Å²) >= 11 is 2.78. The predicted molar refractivity (Wildman–Crippen MR) is 239 cm³/mol. The highest BCUT2D eigenvalue weighted by Gasteiger charge is 2.29. The molecule has 0 spiro atoms. The van der Waals surface area contributed by atoms with Gasteiger partial charge >= 0.3 is 11.9 Å². The Bertz CT molecular complexity index is 2870. The van der Waals surface area contributed by atoms with Gasteiger partial charge in [-0.05, 0) is 95.8 Å². The molecule has 0 saturated heterocycles. The van der Waals surface area contributed by atoms with Crippen LogP contribution in [0.5, 0.6) is 0 Å². The van der Waals surface area contributed by atoms with Crippen molar-refractivity contribution in [3.63, 3.8) is 0 Å². The monoisotopic (exact) mass is 858 g/mol. The van der Waals surface area contributed by atoms with Crippen molar-refractivity contribution in [3.05, 3.63) is 154 Å². The average Bonchev–Trinajstić information content (AvgIpc) is 3.90. The first kappa shape index (κ1) is 38.6. The SMILES string of the molecule is O=C(Nc1nc2ccccc2s1)c1cccc2c1CN(c1ccc(-c3ccc(N4CCc5cccc(C(=O)Nc6nc7ccccc7s6)c5C4)nc3C(=O)O)c(C(=O)O)n1)CC2. The maximum atomic E-state index is 13.6. The quantitative estimate of drug-likeness (QED) is 0.109. The third-order valence-electron chi connectivity index (χ3n) is 11.2. The van der Waals surface area contributed by atoms with E-state index in [4.69, 9.17) is 0 Å². The second-order valence-electron chi connectivity index (χ2n) is 14.9. The molecule has 62 heavy (non-hydrogen) atoms. The fraction of sp³-hybridized carbons (Fsp3) is 0.130. The summed E-state index contributed by atoms with van der Waals surface area (Å²) in [5, 5.41) is 27.8. The molecule has 6 heterocycles. The Hall–Kier alpha value is -7.56. The van der Waals surface area contributed by atoms with Crippen molar-refractivity contribution in [2.75, 3.05) is 33.5 Å². The van der Waals surface area contributed by atoms with E-state index in [1.165, 1.54) is 22.7 Å². The molecule has 2 aliphatic heterocycles. The molecule has 10 rings (SSSR count). The number of aromatic nitrogens is 4. The molecule has 0 saturated carbocycles. The molecule has 0 radical (unpaired) electrons. The van der Waals surface area contributed by atoms with Crippen LogP contribution >= 0.6 is 22.7 Å². The molecule has 4 aromatic heterocycles. The first-order chi connectivity index (χ1) is 30.2. The van der Waals surface area contributed by atoms with Crippen LogP contribution in [-0.2, 0) is 25.9 Å². The zero-order chi connectivity index (χ0) is 42.5. The lowest BCUT2D eigenvalue weighted by Crippen LogP contribution is -2.33. The Kier molecular flexibility index (Phi) is 9.84. The van der Waals surface area contributed by atoms with Gasteiger partial charge in [0.2, 0.25) is 0 Å². The van der Waals surface area contributed by atoms with Crippen LogP contribution in [0, 0.1) is 0 Å². The van der Waals surface area contributed by atoms with Crippen LogP contribution in [0.25, 0.3) is 31.6 Å². The summed E-state index contributed by atoms with van der Waals surface area (Å²) in [5.74, 6) is -2.52. The van der Waals surface area contributed by atoms with Gasteiger partial charge in [0.05, 0.1) is 20.4 Å². The molecule has 14 nitrogen and oxygen atoms in total. The summed E-state index contributed by atoms with van der Waals surface area (Å²) in [4.78, 5) is 74.9. The first-order valence-corrected chi connectivity index (χ1v) is 21.3. The van der Waals surface area contributed by atoms with Crippen LogP contribution in [0.4, 0.5) is 21.9 Å². The maximum Gasteiger partial charge on any atom is 0.355 e. The smallest absolute Gasteiger partial charge is 0.355 e. The fourth-order valence-corrected chi connectivity index (χ4v) is 9.89. The summed E-state index contributed by atoms with van der Waals surface area (Å²) in [6, 6.07) is 32.9. The lowest BCUT2D eigenvalue weighted by Gasteiger charge is -2.31. The van der Waals surface area contributed by atoms with E-state index >= 15 is 0 Å². The Balaban J connectivity index is 0.900. The van der Waals surface area contributed by atoms with Crippen molar-refractivity contribution in [3.8, 4) is 11.1 Å². The van der Waals surface area contributed by atoms with Crippen molar-refractivity contribution in [1.29, 1.82) is 0 Å². The van der Waals surface area contributed by atoms with Gasteiger partial charge in [-0.25, -0.2) is 29.5 Å². The Morgan fingerprint density at radius 1 is 0.516 bits per heavy atom. The van der Waals surface area contributed by atoms with Crippen molar-refractivity contribution in [2.24, 2.45) is 0 Å². The molecule has 0 atom stereocenters. The molecule has 306 valence electrons. The van der Waals surface area contributed by atoms with Gasteiger partial charge in [0.1, 0.15) is 11.6 Å². The number of thiazole rings is 2. The van der Waals surface area contributed by atoms with Crippen LogP contribution in [-0.4, -0.2) is 67.0 Å². The van der Waals surface area contributed by atoms with Crippen molar-refractivity contribution < 1.29 is 29.4 Å². The van der Waals surface area contributed by atoms with Gasteiger partial charge in [-0.2, -0.15) is 0 Å². The van der Waals surface area contributed by atoms with Crippen molar-refractivity contribution >= 4 is 88.8 Å². The highest BCUT2D eigenvalue weighted by Crippen LogP contribution is 2.35. The summed E-state index contributed by atoms with van der Waals surface area (Å²) < 4.78 is 1.92. The van der Waals surface area contributed by atoms with Gasteiger partial charge in [0, 0.05) is 48.4 Å². The number of hydrogen-bond donors (Lipinski definition) is 4. The number of fused-ring (bicyclic) bond motifs is 4. The molecular formula is C46H34N8O6S2. The summed E-state index contributed by atoms with van der Waals surface area (Å²) in [6.45, 7) is 1.63. The molecule has 0 fully saturated rings. The first-order valence-electron chi connectivity index (χ1n) is 19.7. The lowest BCUT2D eigenvalue weighted by atomic mass is 9.94. The van der Waals surface area contributed by atoms with Crippen molar-refractivity contribution in [1.82, 2.24) is 19.9 Å². The number of pyridine rings is 2. The van der Waals surface area contributed by atoms with E-state index in [0.29, 0.717) is 72.0 Å². The second-order valence-corrected chi connectivity index (χ2v) is 16.9. The number of para-hydroxylation sites is 2. The molecule has 4 aromatic carbocycles. The van der Waals surface area contributed by atoms with Crippen molar-refractivity contribution in [2.45, 2.75) is 25.9 Å². The van der Waals surface area contributed by atoms with Gasteiger partial charge in [0.25, 0.3) is 11.8 Å². The Labute approximate surface area is 361 Å². The lowest BCUT2D eigenvalue weighted by molar-refractivity contribution is 0.0678. The van der Waals surface area contributed by atoms with E-state index in [1.807, 2.05) is 82.6 Å². The van der Waals surface area contributed by atoms with Gasteiger partial charge in [-0.15, -0.1) is 0 Å². The number of nitrogens with one attached hydrogen (secondary N) is 2. The number of benzene rings is 4. The number of hydrogen-bond acceptors (Lipinski definition) is 12. The highest BCUT2D eigenvalue weighted by molar-refractivity contribution is 7.22. The number of nitrogens with zero attached hydrogens (tertiary/aromatic N) is 6. The number of aromatic carboxylic acids is 2. The fourth-order valence-electron chi connectivity index (χ4n) is 8.17. The number of rotatable bonds is 9. The summed E-state index contributed by atoms with van der Waals surface area (Å²) in [6.07, 6.45) is 1.18. The number of anilines is 4. The zero-order valence-electron chi connectivity index (χ0n) is 32.7. The third kappa shape index (κ3) is 7.24. The molecular weight excluding hydrogens is 825 g/mol. The third-order valence-corrected chi connectivity index (χ3v) is 13.1. The molecule has 0 bridgehead atoms. The normalized spacial score (nSPS) is 13.4. The Morgan fingerprint density at radius 2 is 0.952 bits per heavy atom. The minimum absolute atomic E-state index is 0.101. The molecule has 16 heteroatoms. The second kappa shape index (κ2) is 15.8. The van der Waals surface area contributed by atoms with E-state index < -0.39 is 11.9 Å². The minimum Gasteiger partial charge on any atom is -0.476 e. The molecule has 0 aliphatic carbocycles. The van der Waals surface area contributed by atoms with Gasteiger partial charge < -0.3 is 20.0 Å². The molecule has 2 aliphatic rings. The van der Waals surface area contributed by atoms with Crippen LogP contribution < -0.4 is 20.4 Å². The number of carbonyl (C=O) groups excluding carboxylic acids is 2. The average molecular weight is 859 g/mol. The number of carbonyl (C=O) groups is 4. The Morgan fingerprint density at radius 3 is 1.37 bits per heavy atom. The predicted octanol–water partition coefficient (Wildman–Crippen LogP) is 8.39. The number of amides is 2. The molecule has 4 N–H and O–H groups in total. The number of carboxylic acid groups (broad SMARTS) is 2. The zero-order valence-corrected chi connectivity index (χ0v) is 34.3. The van der Waals surface area contributed by atoms with E-state index in [0.717, 1.165) is 42.7 Å². The van der Waals surface area contributed by atoms with E-state index in [-0.39, 0.29) is 34.3 Å². The van der Waals surface area contributed by atoms with E-state index in [9.17, 15) is 29.4 Å². The van der Waals surface area contributed by atoms with Crippen LogP contribution in [0.2, 0.25) is 0 Å². The molecule has 8 aromatic rings.